The van der Waals surface area contributed by atoms with Crippen LogP contribution in [0.5, 0.6) is 0 Å². The van der Waals surface area contributed by atoms with Crippen molar-refractivity contribution in [3.63, 3.8) is 0 Å². The van der Waals surface area contributed by atoms with E-state index in [0.29, 0.717) is 12.3 Å². The molecule has 1 amide bonds. The Kier molecular flexibility index (Phi) is 3.30. The number of hydrogen-bond donors (Lipinski definition) is 1. The van der Waals surface area contributed by atoms with Crippen molar-refractivity contribution in [1.82, 2.24) is 14.5 Å². The minimum atomic E-state index is -0.739. The van der Waals surface area contributed by atoms with Gasteiger partial charge in [0.25, 0.3) is 5.91 Å². The summed E-state index contributed by atoms with van der Waals surface area (Å²) in [5, 5.41) is 14.1. The monoisotopic (exact) mass is 368 g/mol. The number of rotatable bonds is 2. The topological polar surface area (TPSA) is 72.4 Å². The maximum atomic E-state index is 14.3. The van der Waals surface area contributed by atoms with Gasteiger partial charge < -0.3 is 5.21 Å². The summed E-state index contributed by atoms with van der Waals surface area (Å²) in [6, 6.07) is 8.01. The lowest BCUT2D eigenvalue weighted by Gasteiger charge is -2.07. The van der Waals surface area contributed by atoms with Crippen LogP contribution in [0, 0.1) is 17.6 Å². The Labute approximate surface area is 152 Å². The first-order chi connectivity index (χ1) is 13.0. The number of amides is 1. The second kappa shape index (κ2) is 5.60. The molecule has 8 heteroatoms. The first kappa shape index (κ1) is 15.9. The zero-order valence-corrected chi connectivity index (χ0v) is 14.0. The van der Waals surface area contributed by atoms with Gasteiger partial charge in [0.15, 0.2) is 17.0 Å². The molecule has 2 aromatic heterocycles. The molecule has 2 heterocycles. The minimum Gasteiger partial charge on any atom is -0.427 e. The Bertz CT molecular complexity index is 1160. The van der Waals surface area contributed by atoms with Crippen LogP contribution in [0.25, 0.3) is 5.69 Å². The molecule has 0 radical (unpaired) electrons. The summed E-state index contributed by atoms with van der Waals surface area (Å²) >= 11 is 0. The summed E-state index contributed by atoms with van der Waals surface area (Å²) in [7, 11) is 0. The van der Waals surface area contributed by atoms with E-state index in [-0.39, 0.29) is 22.8 Å². The molecular weight excluding hydrogens is 354 g/mol. The number of benzene rings is 1. The molecule has 2 atom stereocenters. The highest BCUT2D eigenvalue weighted by Gasteiger charge is 2.50. The summed E-state index contributed by atoms with van der Waals surface area (Å²) in [4.78, 5) is 16.6. The van der Waals surface area contributed by atoms with Crippen molar-refractivity contribution in [2.45, 2.75) is 18.8 Å². The average Bonchev–Trinajstić information content (AvgIpc) is 3.14. The van der Waals surface area contributed by atoms with E-state index in [1.165, 1.54) is 23.0 Å². The van der Waals surface area contributed by atoms with E-state index in [1.807, 2.05) is 0 Å². The van der Waals surface area contributed by atoms with Crippen LogP contribution in [-0.4, -0.2) is 25.6 Å². The molecule has 2 aliphatic rings. The largest absolute Gasteiger partial charge is 0.427 e. The molecule has 0 aliphatic heterocycles. The van der Waals surface area contributed by atoms with Gasteiger partial charge >= 0.3 is 0 Å². The molecule has 0 unspecified atom stereocenters. The summed E-state index contributed by atoms with van der Waals surface area (Å²) in [6.45, 7) is 0. The maximum Gasteiger partial charge on any atom is 0.299 e. The fourth-order valence-electron chi connectivity index (χ4n) is 3.80. The van der Waals surface area contributed by atoms with Gasteiger partial charge in [0, 0.05) is 23.7 Å². The van der Waals surface area contributed by atoms with Crippen molar-refractivity contribution in [1.29, 1.82) is 0 Å². The van der Waals surface area contributed by atoms with Gasteiger partial charge in [-0.2, -0.15) is 14.8 Å². The van der Waals surface area contributed by atoms with Crippen molar-refractivity contribution in [2.24, 2.45) is 10.9 Å². The normalized spacial score (nSPS) is 20.4. The lowest BCUT2D eigenvalue weighted by atomic mass is 10.1. The van der Waals surface area contributed by atoms with Crippen LogP contribution in [0.15, 0.2) is 47.6 Å². The van der Waals surface area contributed by atoms with Crippen LogP contribution in [0.1, 0.15) is 34.1 Å². The van der Waals surface area contributed by atoms with Gasteiger partial charge in [-0.15, -0.1) is 0 Å². The molecule has 1 aromatic carbocycles. The smallest absolute Gasteiger partial charge is 0.299 e. The summed E-state index contributed by atoms with van der Waals surface area (Å²) in [5.74, 6) is -1.36. The van der Waals surface area contributed by atoms with Crippen LogP contribution < -0.4 is 5.49 Å². The fraction of sp³-hybridized carbons (Fsp3) is 0.211. The minimum absolute atomic E-state index is 0.0712. The summed E-state index contributed by atoms with van der Waals surface area (Å²) in [5.41, 5.74) is 1.88. The van der Waals surface area contributed by atoms with E-state index in [9.17, 15) is 18.8 Å². The molecule has 2 aliphatic carbocycles. The fourth-order valence-corrected chi connectivity index (χ4v) is 3.80. The van der Waals surface area contributed by atoms with Crippen molar-refractivity contribution in [2.75, 3.05) is 0 Å². The molecule has 0 saturated heterocycles. The number of pyridine rings is 1. The Balaban J connectivity index is 1.65. The Morgan fingerprint density at radius 1 is 1.26 bits per heavy atom. The summed E-state index contributed by atoms with van der Waals surface area (Å²) < 4.78 is 29.7. The molecule has 5 rings (SSSR count). The number of hydrogen-bond acceptors (Lipinski definition) is 3. The van der Waals surface area contributed by atoms with Crippen molar-refractivity contribution >= 4 is 5.91 Å². The van der Waals surface area contributed by atoms with Crippen LogP contribution in [0.4, 0.5) is 8.78 Å². The molecule has 3 aromatic rings. The number of aromatic nitrogens is 3. The van der Waals surface area contributed by atoms with Crippen molar-refractivity contribution < 1.29 is 18.8 Å². The highest BCUT2D eigenvalue weighted by molar-refractivity contribution is 5.95. The predicted molar refractivity (Wildman–Crippen MR) is 89.5 cm³/mol. The molecule has 1 N–H and O–H groups in total. The predicted octanol–water partition coefficient (Wildman–Crippen LogP) is 2.59. The molecular formula is C19H14F2N4O2. The molecule has 1 fully saturated rings. The Hall–Kier alpha value is -3.29. The first-order valence-electron chi connectivity index (χ1n) is 8.56. The van der Waals surface area contributed by atoms with E-state index >= 15 is 0 Å². The molecule has 0 bridgehead atoms. The second-order valence-corrected chi connectivity index (χ2v) is 6.85. The van der Waals surface area contributed by atoms with E-state index in [2.05, 4.69) is 10.1 Å². The average molecular weight is 368 g/mol. The highest BCUT2D eigenvalue weighted by Crippen LogP contribution is 2.57. The zero-order valence-electron chi connectivity index (χ0n) is 14.0. The van der Waals surface area contributed by atoms with Gasteiger partial charge in [0.05, 0.1) is 5.69 Å². The highest BCUT2D eigenvalue weighted by atomic mass is 19.1. The van der Waals surface area contributed by atoms with Gasteiger partial charge in [-0.25, -0.2) is 13.5 Å². The molecule has 1 saturated carbocycles. The lowest BCUT2D eigenvalue weighted by molar-refractivity contribution is 0.0981. The van der Waals surface area contributed by atoms with Gasteiger partial charge in [-0.1, -0.05) is 6.07 Å². The quantitative estimate of drug-likeness (QED) is 0.707. The summed E-state index contributed by atoms with van der Waals surface area (Å²) in [6.07, 6.45) is 3.02. The number of halogens is 2. The van der Waals surface area contributed by atoms with Crippen LogP contribution in [0.2, 0.25) is 0 Å². The second-order valence-electron chi connectivity index (χ2n) is 6.85. The SMILES string of the molecule is O=C(N=c1ccccn1O)c1nn(-c2ccc(F)cc2F)c2c1C[C@@H]1C[C@H]21. The van der Waals surface area contributed by atoms with Crippen LogP contribution in [-0.2, 0) is 6.42 Å². The van der Waals surface area contributed by atoms with Gasteiger partial charge in [-0.05, 0) is 43.0 Å². The van der Waals surface area contributed by atoms with Gasteiger partial charge in [0.1, 0.15) is 11.5 Å². The first-order valence-corrected chi connectivity index (χ1v) is 8.56. The third-order valence-electron chi connectivity index (χ3n) is 5.14. The number of nitrogens with zero attached hydrogens (tertiary/aromatic N) is 4. The third-order valence-corrected chi connectivity index (χ3v) is 5.14. The van der Waals surface area contributed by atoms with Crippen molar-refractivity contribution in [3.05, 3.63) is 76.7 Å². The lowest BCUT2D eigenvalue weighted by Crippen LogP contribution is -2.19. The van der Waals surface area contributed by atoms with E-state index in [0.717, 1.165) is 34.5 Å². The molecule has 0 spiro atoms. The van der Waals surface area contributed by atoms with Gasteiger partial charge in [-0.3, -0.25) is 4.79 Å². The standard InChI is InChI=1S/C19H14F2N4O2/c20-11-4-5-15(14(21)9-11)25-18-12-7-10(12)8-13(18)17(23-25)19(26)22-16-3-1-2-6-24(16)27/h1-6,9-10,12,27H,7-8H2/t10-,12-/m0/s1. The number of fused-ring (bicyclic) bond motifs is 3. The molecule has 27 heavy (non-hydrogen) atoms. The van der Waals surface area contributed by atoms with Crippen LogP contribution >= 0.6 is 0 Å². The number of carbonyl (C=O) groups is 1. The van der Waals surface area contributed by atoms with Gasteiger partial charge in [0.2, 0.25) is 0 Å². The molecule has 136 valence electrons. The number of carbonyl (C=O) groups excluding carboxylic acids is 1. The maximum absolute atomic E-state index is 14.3. The van der Waals surface area contributed by atoms with E-state index in [1.54, 1.807) is 12.1 Å². The van der Waals surface area contributed by atoms with E-state index < -0.39 is 17.5 Å². The Morgan fingerprint density at radius 2 is 2.11 bits per heavy atom. The third kappa shape index (κ3) is 2.48. The molecule has 6 nitrogen and oxygen atoms in total. The van der Waals surface area contributed by atoms with E-state index in [4.69, 9.17) is 0 Å². The zero-order chi connectivity index (χ0) is 18.7. The van der Waals surface area contributed by atoms with Crippen LogP contribution in [0.3, 0.4) is 0 Å². The van der Waals surface area contributed by atoms with Crippen molar-refractivity contribution in [3.8, 4) is 5.69 Å². The Morgan fingerprint density at radius 3 is 2.89 bits per heavy atom.